The van der Waals surface area contributed by atoms with Crippen LogP contribution >= 0.6 is 0 Å². The molecule has 1 aromatic heterocycles. The predicted molar refractivity (Wildman–Crippen MR) is 129 cm³/mol. The molecule has 222 valence electrons. The number of benzene rings is 1. The van der Waals surface area contributed by atoms with Gasteiger partial charge in [-0.1, -0.05) is 0 Å². The molecule has 5 rings (SSSR count). The van der Waals surface area contributed by atoms with Gasteiger partial charge in [0.1, 0.15) is 66.3 Å². The molecule has 40 heavy (non-hydrogen) atoms. The van der Waals surface area contributed by atoms with Gasteiger partial charge in [0.25, 0.3) is 0 Å². The number of hydrogen-bond acceptors (Lipinski definition) is 15. The van der Waals surface area contributed by atoms with Crippen LogP contribution in [0.25, 0.3) is 11.0 Å². The van der Waals surface area contributed by atoms with Crippen LogP contribution in [0.15, 0.2) is 33.5 Å². The molecule has 2 aromatic rings. The van der Waals surface area contributed by atoms with Crippen LogP contribution in [0.2, 0.25) is 0 Å². The van der Waals surface area contributed by atoms with E-state index in [0.29, 0.717) is 5.39 Å². The minimum absolute atomic E-state index is 0.214. The molecule has 0 radical (unpaired) electrons. The Balaban J connectivity index is 1.16. The van der Waals surface area contributed by atoms with Gasteiger partial charge < -0.3 is 68.6 Å². The number of ether oxygens (including phenoxy) is 6. The molecule has 15 heteroatoms. The zero-order valence-electron chi connectivity index (χ0n) is 21.3. The van der Waals surface area contributed by atoms with Crippen LogP contribution in [-0.4, -0.2) is 129 Å². The third-order valence-corrected chi connectivity index (χ3v) is 7.12. The third kappa shape index (κ3) is 5.87. The number of aryl methyl sites for hydroxylation is 1. The van der Waals surface area contributed by atoms with E-state index < -0.39 is 79.4 Å². The Hall–Kier alpha value is -2.25. The molecule has 3 aliphatic rings. The van der Waals surface area contributed by atoms with E-state index in [1.807, 2.05) is 0 Å². The van der Waals surface area contributed by atoms with Crippen molar-refractivity contribution in [3.63, 3.8) is 0 Å². The van der Waals surface area contributed by atoms with Crippen molar-refractivity contribution >= 4 is 11.0 Å². The lowest BCUT2D eigenvalue weighted by Crippen LogP contribution is -2.61. The van der Waals surface area contributed by atoms with Crippen molar-refractivity contribution in [3.05, 3.63) is 40.2 Å². The second-order valence-corrected chi connectivity index (χ2v) is 9.99. The first-order valence-corrected chi connectivity index (χ1v) is 12.7. The van der Waals surface area contributed by atoms with Gasteiger partial charge in [0.05, 0.1) is 19.8 Å². The van der Waals surface area contributed by atoms with Gasteiger partial charge in [-0.05, 0) is 24.6 Å². The average molecular weight is 573 g/mol. The molecule has 0 bridgehead atoms. The number of hydrogen-bond donors (Lipinski definition) is 7. The first kappa shape index (κ1) is 29.2. The van der Waals surface area contributed by atoms with Crippen LogP contribution < -0.4 is 10.4 Å². The minimum Gasteiger partial charge on any atom is -0.462 e. The van der Waals surface area contributed by atoms with E-state index in [2.05, 4.69) is 0 Å². The van der Waals surface area contributed by atoms with Crippen molar-refractivity contribution in [1.82, 2.24) is 0 Å². The van der Waals surface area contributed by atoms with Gasteiger partial charge in [0.2, 0.25) is 6.29 Å². The van der Waals surface area contributed by atoms with Crippen molar-refractivity contribution in [2.24, 2.45) is 0 Å². The maximum absolute atomic E-state index is 11.7. The summed E-state index contributed by atoms with van der Waals surface area (Å²) in [6.07, 6.45) is -17.4. The summed E-state index contributed by atoms with van der Waals surface area (Å²) >= 11 is 0. The van der Waals surface area contributed by atoms with Gasteiger partial charge in [-0.15, -0.1) is 0 Å². The van der Waals surface area contributed by atoms with E-state index in [1.165, 1.54) is 12.1 Å². The molecule has 7 N–H and O–H groups in total. The molecule has 15 nitrogen and oxygen atoms in total. The smallest absolute Gasteiger partial charge is 0.336 e. The highest BCUT2D eigenvalue weighted by molar-refractivity contribution is 5.81. The fourth-order valence-electron chi connectivity index (χ4n) is 4.75. The van der Waals surface area contributed by atoms with E-state index >= 15 is 0 Å². The Morgan fingerprint density at radius 1 is 0.700 bits per heavy atom. The van der Waals surface area contributed by atoms with E-state index in [0.717, 1.165) is 5.56 Å². The van der Waals surface area contributed by atoms with Crippen LogP contribution in [0, 0.1) is 6.92 Å². The lowest BCUT2D eigenvalue weighted by atomic mass is 10.0. The Kier molecular flexibility index (Phi) is 8.72. The van der Waals surface area contributed by atoms with Crippen LogP contribution in [0.5, 0.6) is 5.75 Å². The van der Waals surface area contributed by atoms with Crippen molar-refractivity contribution < 1.29 is 68.6 Å². The van der Waals surface area contributed by atoms with Gasteiger partial charge in [-0.2, -0.15) is 0 Å². The molecule has 0 aliphatic carbocycles. The second-order valence-electron chi connectivity index (χ2n) is 9.99. The number of rotatable bonds is 6. The topological polar surface area (TPSA) is 227 Å². The van der Waals surface area contributed by atoms with E-state index in [1.54, 1.807) is 19.1 Å². The summed E-state index contributed by atoms with van der Waals surface area (Å²) in [7, 11) is 0. The molecule has 3 saturated heterocycles. The summed E-state index contributed by atoms with van der Waals surface area (Å²) in [5, 5.41) is 72.4. The van der Waals surface area contributed by atoms with E-state index in [9.17, 15) is 40.5 Å². The molecular formula is C25H32O15. The Bertz CT molecular complexity index is 1220. The van der Waals surface area contributed by atoms with Crippen LogP contribution in [0.3, 0.4) is 0 Å². The lowest BCUT2D eigenvalue weighted by Gasteiger charge is -2.43. The lowest BCUT2D eigenvalue weighted by molar-refractivity contribution is -0.345. The second kappa shape index (κ2) is 11.9. The van der Waals surface area contributed by atoms with Crippen LogP contribution in [-0.2, 0) is 23.7 Å². The number of aliphatic hydroxyl groups is 7. The summed E-state index contributed by atoms with van der Waals surface area (Å²) in [5.41, 5.74) is 0.466. The molecule has 0 amide bonds. The largest absolute Gasteiger partial charge is 0.462 e. The van der Waals surface area contributed by atoms with Crippen molar-refractivity contribution in [2.45, 2.75) is 80.7 Å². The average Bonchev–Trinajstić information content (AvgIpc) is 2.92. The fourth-order valence-corrected chi connectivity index (χ4v) is 4.75. The molecule has 0 unspecified atom stereocenters. The zero-order chi connectivity index (χ0) is 28.7. The highest BCUT2D eigenvalue weighted by Gasteiger charge is 2.48. The zero-order valence-corrected chi connectivity index (χ0v) is 21.3. The first-order chi connectivity index (χ1) is 19.0. The summed E-state index contributed by atoms with van der Waals surface area (Å²) in [5.74, 6) is 0.214. The molecule has 4 heterocycles. The summed E-state index contributed by atoms with van der Waals surface area (Å²) in [4.78, 5) is 11.7. The van der Waals surface area contributed by atoms with Gasteiger partial charge in [-0.25, -0.2) is 4.79 Å². The third-order valence-electron chi connectivity index (χ3n) is 7.12. The molecular weight excluding hydrogens is 540 g/mol. The van der Waals surface area contributed by atoms with Gasteiger partial charge in [-0.3, -0.25) is 0 Å². The Morgan fingerprint density at radius 2 is 1.25 bits per heavy atom. The van der Waals surface area contributed by atoms with Crippen LogP contribution in [0.4, 0.5) is 0 Å². The fraction of sp³-hybridized carbons (Fsp3) is 0.640. The predicted octanol–water partition coefficient (Wildman–Crippen LogP) is -3.15. The maximum Gasteiger partial charge on any atom is 0.336 e. The normalized spacial score (nSPS) is 40.7. The Morgan fingerprint density at radius 3 is 1.90 bits per heavy atom. The van der Waals surface area contributed by atoms with E-state index in [4.69, 9.17) is 32.8 Å². The van der Waals surface area contributed by atoms with Crippen molar-refractivity contribution in [3.8, 4) is 5.75 Å². The standard InChI is InChI=1S/C25H32O15/c1-9-4-16(27)38-13-5-10(2-3-11(9)13)37-23-21(32)18(29)14(7-35-23)40-25-22(33)19(30)15(8-36-25)39-24-20(31)17(28)12(26)6-34-24/h2-5,12,14-15,17-26,28-33H,6-8H2,1H3/t12-,14-,15-,17+,18+,19+,20-,21-,22-,23+,24+,25+/m1/s1. The maximum atomic E-state index is 11.7. The van der Waals surface area contributed by atoms with Gasteiger partial charge in [0.15, 0.2) is 12.6 Å². The Labute approximate surface area is 226 Å². The van der Waals surface area contributed by atoms with Crippen LogP contribution in [0.1, 0.15) is 5.56 Å². The molecule has 1 aromatic carbocycles. The highest BCUT2D eigenvalue weighted by atomic mass is 16.7. The molecule has 0 spiro atoms. The molecule has 12 atom stereocenters. The summed E-state index contributed by atoms with van der Waals surface area (Å²) in [6.45, 7) is 0.833. The molecule has 0 saturated carbocycles. The summed E-state index contributed by atoms with van der Waals surface area (Å²) in [6, 6.07) is 6.09. The highest BCUT2D eigenvalue weighted by Crippen LogP contribution is 2.29. The van der Waals surface area contributed by atoms with Gasteiger partial charge in [0, 0.05) is 17.5 Å². The van der Waals surface area contributed by atoms with Gasteiger partial charge >= 0.3 is 5.63 Å². The molecule has 3 fully saturated rings. The number of fused-ring (bicyclic) bond motifs is 1. The van der Waals surface area contributed by atoms with Crippen molar-refractivity contribution in [2.75, 3.05) is 19.8 Å². The quantitative estimate of drug-likeness (QED) is 0.170. The SMILES string of the molecule is Cc1cc(=O)oc2cc(O[C@@H]3OC[C@@H](O[C@@H]4OC[C@@H](O[C@@H]5OC[C@@H](O)[C@H](O)[C@H]5O)[C@H](O)[C@H]4O)[C@H](O)[C@H]3O)ccc12. The first-order valence-electron chi connectivity index (χ1n) is 12.7. The summed E-state index contributed by atoms with van der Waals surface area (Å²) < 4.78 is 38.0. The molecule has 3 aliphatic heterocycles. The number of aliphatic hydroxyl groups excluding tert-OH is 7. The van der Waals surface area contributed by atoms with E-state index in [-0.39, 0.29) is 31.2 Å². The van der Waals surface area contributed by atoms with Crippen molar-refractivity contribution in [1.29, 1.82) is 0 Å². The minimum atomic E-state index is -1.68. The monoisotopic (exact) mass is 572 g/mol.